The van der Waals surface area contributed by atoms with E-state index >= 15 is 0 Å². The summed E-state index contributed by atoms with van der Waals surface area (Å²) in [6.07, 6.45) is 2.29. The van der Waals surface area contributed by atoms with Gasteiger partial charge in [0.25, 0.3) is 0 Å². The van der Waals surface area contributed by atoms with Crippen LogP contribution in [0, 0.1) is 0 Å². The third-order valence-corrected chi connectivity index (χ3v) is 3.74. The van der Waals surface area contributed by atoms with E-state index in [0.717, 1.165) is 0 Å². The smallest absolute Gasteiger partial charge is 0.103 e. The Bertz CT molecular complexity index is 589. The number of hydrogen-bond donors (Lipinski definition) is 0. The van der Waals surface area contributed by atoms with Crippen molar-refractivity contribution in [1.29, 1.82) is 0 Å². The second kappa shape index (κ2) is 6.70. The lowest BCUT2D eigenvalue weighted by molar-refractivity contribution is -0.0126. The maximum Gasteiger partial charge on any atom is 0.103 e. The van der Waals surface area contributed by atoms with Crippen molar-refractivity contribution in [2.45, 2.75) is 25.7 Å². The molecule has 2 nitrogen and oxygen atoms in total. The van der Waals surface area contributed by atoms with E-state index in [4.69, 9.17) is 9.47 Å². The number of rotatable bonds is 5. The van der Waals surface area contributed by atoms with Gasteiger partial charge < -0.3 is 9.47 Å². The fraction of sp³-hybridized carbons (Fsp3) is 0.263. The molecule has 0 fully saturated rings. The molecular formula is C19H20O2. The van der Waals surface area contributed by atoms with Gasteiger partial charge in [-0.1, -0.05) is 60.7 Å². The quantitative estimate of drug-likeness (QED) is 0.761. The van der Waals surface area contributed by atoms with E-state index in [1.54, 1.807) is 0 Å². The van der Waals surface area contributed by atoms with Crippen LogP contribution < -0.4 is 0 Å². The molecular weight excluding hydrogens is 260 g/mol. The van der Waals surface area contributed by atoms with Crippen LogP contribution in [-0.2, 0) is 16.1 Å². The van der Waals surface area contributed by atoms with Crippen molar-refractivity contribution in [3.05, 3.63) is 83.4 Å². The standard InChI is InChI=1S/C19H20O2/c1-15-12-18(17-10-6-3-7-11-17)21-19(15)14-20-13-16-8-4-2-5-9-16/h2-12,18-19H,13-14H2,1H3/t18-,19-/m0/s1. The lowest BCUT2D eigenvalue weighted by atomic mass is 10.1. The van der Waals surface area contributed by atoms with E-state index in [2.05, 4.69) is 37.3 Å². The second-order valence-corrected chi connectivity index (χ2v) is 5.37. The molecule has 0 saturated heterocycles. The highest BCUT2D eigenvalue weighted by molar-refractivity contribution is 5.27. The van der Waals surface area contributed by atoms with Gasteiger partial charge in [0.2, 0.25) is 0 Å². The molecule has 0 amide bonds. The minimum atomic E-state index is 0.0523. The molecule has 0 bridgehead atoms. The molecule has 0 unspecified atom stereocenters. The van der Waals surface area contributed by atoms with Gasteiger partial charge in [0.05, 0.1) is 13.2 Å². The van der Waals surface area contributed by atoms with Crippen molar-refractivity contribution in [3.8, 4) is 0 Å². The van der Waals surface area contributed by atoms with Crippen LogP contribution in [-0.4, -0.2) is 12.7 Å². The lowest BCUT2D eigenvalue weighted by Crippen LogP contribution is -2.17. The lowest BCUT2D eigenvalue weighted by Gasteiger charge is -2.16. The Labute approximate surface area is 126 Å². The zero-order valence-corrected chi connectivity index (χ0v) is 12.2. The molecule has 1 aliphatic rings. The Hall–Kier alpha value is -1.90. The van der Waals surface area contributed by atoms with E-state index in [1.165, 1.54) is 16.7 Å². The van der Waals surface area contributed by atoms with Crippen LogP contribution in [0.15, 0.2) is 72.3 Å². The molecule has 108 valence electrons. The number of ether oxygens (including phenoxy) is 2. The fourth-order valence-electron chi connectivity index (χ4n) is 2.52. The minimum absolute atomic E-state index is 0.0523. The Balaban J connectivity index is 1.53. The highest BCUT2D eigenvalue weighted by atomic mass is 16.5. The van der Waals surface area contributed by atoms with Crippen molar-refractivity contribution in [3.63, 3.8) is 0 Å². The maximum atomic E-state index is 6.08. The van der Waals surface area contributed by atoms with E-state index in [0.29, 0.717) is 13.2 Å². The highest BCUT2D eigenvalue weighted by Crippen LogP contribution is 2.31. The summed E-state index contributed by atoms with van der Waals surface area (Å²) >= 11 is 0. The minimum Gasteiger partial charge on any atom is -0.374 e. The summed E-state index contributed by atoms with van der Waals surface area (Å²) in [5.74, 6) is 0. The van der Waals surface area contributed by atoms with Gasteiger partial charge in [0, 0.05) is 0 Å². The predicted molar refractivity (Wildman–Crippen MR) is 83.9 cm³/mol. The summed E-state index contributed by atoms with van der Waals surface area (Å²) in [4.78, 5) is 0. The summed E-state index contributed by atoms with van der Waals surface area (Å²) in [6, 6.07) is 20.5. The zero-order chi connectivity index (χ0) is 14.5. The molecule has 0 aliphatic carbocycles. The fourth-order valence-corrected chi connectivity index (χ4v) is 2.52. The molecule has 21 heavy (non-hydrogen) atoms. The SMILES string of the molecule is CC1=C[C@@H](c2ccccc2)O[C@H]1COCc1ccccc1. The van der Waals surface area contributed by atoms with Gasteiger partial charge in [0.1, 0.15) is 12.2 Å². The summed E-state index contributed by atoms with van der Waals surface area (Å²) in [5.41, 5.74) is 3.64. The molecule has 0 saturated carbocycles. The van der Waals surface area contributed by atoms with Crippen LogP contribution in [0.25, 0.3) is 0 Å². The van der Waals surface area contributed by atoms with Gasteiger partial charge in [-0.2, -0.15) is 0 Å². The van der Waals surface area contributed by atoms with E-state index in [-0.39, 0.29) is 12.2 Å². The molecule has 2 atom stereocenters. The molecule has 1 aliphatic heterocycles. The summed E-state index contributed by atoms with van der Waals surface area (Å²) in [7, 11) is 0. The van der Waals surface area contributed by atoms with Gasteiger partial charge in [-0.25, -0.2) is 0 Å². The van der Waals surface area contributed by atoms with Crippen molar-refractivity contribution in [2.24, 2.45) is 0 Å². The van der Waals surface area contributed by atoms with Gasteiger partial charge in [-0.05, 0) is 29.7 Å². The van der Waals surface area contributed by atoms with Crippen molar-refractivity contribution in [1.82, 2.24) is 0 Å². The first-order valence-electron chi connectivity index (χ1n) is 7.33. The second-order valence-electron chi connectivity index (χ2n) is 5.37. The van der Waals surface area contributed by atoms with Crippen LogP contribution in [0.1, 0.15) is 24.2 Å². The first-order valence-corrected chi connectivity index (χ1v) is 7.33. The molecule has 0 aromatic heterocycles. The monoisotopic (exact) mass is 280 g/mol. The van der Waals surface area contributed by atoms with Gasteiger partial charge in [0.15, 0.2) is 0 Å². The topological polar surface area (TPSA) is 18.5 Å². The van der Waals surface area contributed by atoms with Crippen LogP contribution in [0.5, 0.6) is 0 Å². The molecule has 2 aromatic rings. The first kappa shape index (κ1) is 14.1. The maximum absolute atomic E-state index is 6.08. The average molecular weight is 280 g/mol. The summed E-state index contributed by atoms with van der Waals surface area (Å²) in [6.45, 7) is 3.34. The first-order chi connectivity index (χ1) is 10.3. The van der Waals surface area contributed by atoms with Crippen molar-refractivity contribution in [2.75, 3.05) is 6.61 Å². The molecule has 0 spiro atoms. The molecule has 0 radical (unpaired) electrons. The number of benzene rings is 2. The summed E-state index contributed by atoms with van der Waals surface area (Å²) < 4.78 is 11.9. The van der Waals surface area contributed by atoms with E-state index in [9.17, 15) is 0 Å². The van der Waals surface area contributed by atoms with Gasteiger partial charge >= 0.3 is 0 Å². The van der Waals surface area contributed by atoms with Gasteiger partial charge in [-0.15, -0.1) is 0 Å². The third-order valence-electron chi connectivity index (χ3n) is 3.74. The predicted octanol–water partition coefficient (Wildman–Crippen LogP) is 4.29. The average Bonchev–Trinajstić information content (AvgIpc) is 2.91. The highest BCUT2D eigenvalue weighted by Gasteiger charge is 2.25. The van der Waals surface area contributed by atoms with E-state index in [1.807, 2.05) is 36.4 Å². The van der Waals surface area contributed by atoms with Gasteiger partial charge in [-0.3, -0.25) is 0 Å². The Morgan fingerprint density at radius 2 is 1.62 bits per heavy atom. The van der Waals surface area contributed by atoms with Crippen LogP contribution in [0.3, 0.4) is 0 Å². The van der Waals surface area contributed by atoms with Crippen LogP contribution in [0.4, 0.5) is 0 Å². The summed E-state index contributed by atoms with van der Waals surface area (Å²) in [5, 5.41) is 0. The van der Waals surface area contributed by atoms with E-state index < -0.39 is 0 Å². The Kier molecular flexibility index (Phi) is 4.49. The van der Waals surface area contributed by atoms with Crippen LogP contribution >= 0.6 is 0 Å². The molecule has 3 rings (SSSR count). The van der Waals surface area contributed by atoms with Crippen molar-refractivity contribution < 1.29 is 9.47 Å². The molecule has 1 heterocycles. The zero-order valence-electron chi connectivity index (χ0n) is 12.2. The Morgan fingerprint density at radius 1 is 0.952 bits per heavy atom. The van der Waals surface area contributed by atoms with Crippen molar-refractivity contribution >= 4 is 0 Å². The number of hydrogen-bond acceptors (Lipinski definition) is 2. The largest absolute Gasteiger partial charge is 0.374 e. The molecule has 2 heteroatoms. The third kappa shape index (κ3) is 3.60. The Morgan fingerprint density at radius 3 is 2.33 bits per heavy atom. The molecule has 0 N–H and O–H groups in total. The van der Waals surface area contributed by atoms with Crippen LogP contribution in [0.2, 0.25) is 0 Å². The normalized spacial score (nSPS) is 21.3. The molecule has 2 aromatic carbocycles.